The molecule has 1 aliphatic rings. The number of fused-ring (bicyclic) bond motifs is 1. The van der Waals surface area contributed by atoms with Crippen molar-refractivity contribution in [2.24, 2.45) is 11.8 Å². The molecule has 1 saturated carbocycles. The molecule has 0 radical (unpaired) electrons. The average molecular weight is 243 g/mol. The first-order chi connectivity index (χ1) is 8.59. The number of carboxylic acids is 1. The normalized spacial score (nSPS) is 22.1. The number of ketones is 1. The molecule has 4 heteroatoms. The monoisotopic (exact) mass is 243 g/mol. The molecule has 4 nitrogen and oxygen atoms in total. The van der Waals surface area contributed by atoms with Crippen molar-refractivity contribution in [2.45, 2.75) is 13.3 Å². The van der Waals surface area contributed by atoms with Gasteiger partial charge >= 0.3 is 5.97 Å². The van der Waals surface area contributed by atoms with Gasteiger partial charge in [-0.25, -0.2) is 0 Å². The van der Waals surface area contributed by atoms with E-state index in [1.165, 1.54) is 0 Å². The van der Waals surface area contributed by atoms with Gasteiger partial charge in [-0.2, -0.15) is 0 Å². The second-order valence-corrected chi connectivity index (χ2v) is 4.82. The maximum absolute atomic E-state index is 12.3. The van der Waals surface area contributed by atoms with Crippen LogP contribution >= 0.6 is 0 Å². The molecular formula is C14H13NO3. The Morgan fingerprint density at radius 3 is 2.67 bits per heavy atom. The highest BCUT2D eigenvalue weighted by molar-refractivity contribution is 6.12. The number of benzene rings is 1. The number of aryl methyl sites for hydroxylation is 1. The number of Topliss-reactive ketones (excluding diaryl/α,β-unsaturated/α-hetero) is 1. The van der Waals surface area contributed by atoms with Crippen LogP contribution in [0.3, 0.4) is 0 Å². The van der Waals surface area contributed by atoms with Crippen LogP contribution < -0.4 is 0 Å². The summed E-state index contributed by atoms with van der Waals surface area (Å²) in [4.78, 5) is 26.3. The Morgan fingerprint density at radius 2 is 2.00 bits per heavy atom. The highest BCUT2D eigenvalue weighted by atomic mass is 16.4. The number of carboxylic acid groups (broad SMARTS) is 1. The van der Waals surface area contributed by atoms with E-state index >= 15 is 0 Å². The number of hydrogen-bond donors (Lipinski definition) is 2. The fraction of sp³-hybridized carbons (Fsp3) is 0.286. The van der Waals surface area contributed by atoms with Gasteiger partial charge in [0.25, 0.3) is 0 Å². The highest BCUT2D eigenvalue weighted by Gasteiger charge is 2.49. The van der Waals surface area contributed by atoms with Gasteiger partial charge in [-0.1, -0.05) is 18.2 Å². The number of para-hydroxylation sites is 1. The first kappa shape index (κ1) is 11.0. The van der Waals surface area contributed by atoms with Gasteiger partial charge in [0.15, 0.2) is 5.78 Å². The van der Waals surface area contributed by atoms with Crippen LogP contribution in [0.25, 0.3) is 10.9 Å². The molecule has 2 atom stereocenters. The molecule has 1 aromatic heterocycles. The topological polar surface area (TPSA) is 70.2 Å². The van der Waals surface area contributed by atoms with E-state index in [9.17, 15) is 9.59 Å². The maximum atomic E-state index is 12.3. The van der Waals surface area contributed by atoms with Crippen molar-refractivity contribution in [2.75, 3.05) is 0 Å². The van der Waals surface area contributed by atoms with E-state index in [1.54, 1.807) is 0 Å². The third kappa shape index (κ3) is 1.53. The van der Waals surface area contributed by atoms with Crippen LogP contribution in [0.2, 0.25) is 0 Å². The summed E-state index contributed by atoms with van der Waals surface area (Å²) >= 11 is 0. The number of hydrogen-bond acceptors (Lipinski definition) is 2. The van der Waals surface area contributed by atoms with Crippen molar-refractivity contribution in [1.82, 2.24) is 4.98 Å². The Balaban J connectivity index is 2.02. The molecule has 0 bridgehead atoms. The van der Waals surface area contributed by atoms with Gasteiger partial charge in [0, 0.05) is 28.1 Å². The molecule has 2 unspecified atom stereocenters. The van der Waals surface area contributed by atoms with Crippen LogP contribution in [0.5, 0.6) is 0 Å². The lowest BCUT2D eigenvalue weighted by molar-refractivity contribution is -0.138. The van der Waals surface area contributed by atoms with E-state index in [0.29, 0.717) is 12.0 Å². The van der Waals surface area contributed by atoms with Crippen LogP contribution in [0.15, 0.2) is 24.3 Å². The Morgan fingerprint density at radius 1 is 1.28 bits per heavy atom. The molecule has 1 heterocycles. The Kier molecular flexibility index (Phi) is 2.26. The van der Waals surface area contributed by atoms with E-state index in [-0.39, 0.29) is 11.7 Å². The van der Waals surface area contributed by atoms with Crippen molar-refractivity contribution in [3.63, 3.8) is 0 Å². The van der Waals surface area contributed by atoms with Gasteiger partial charge in [0.05, 0.1) is 5.92 Å². The van der Waals surface area contributed by atoms with Crippen molar-refractivity contribution in [1.29, 1.82) is 0 Å². The van der Waals surface area contributed by atoms with Crippen LogP contribution in [0, 0.1) is 18.8 Å². The molecule has 1 fully saturated rings. The van der Waals surface area contributed by atoms with E-state index in [1.807, 2.05) is 31.2 Å². The quantitative estimate of drug-likeness (QED) is 0.813. The van der Waals surface area contributed by atoms with E-state index in [4.69, 9.17) is 5.11 Å². The molecule has 0 spiro atoms. The van der Waals surface area contributed by atoms with Crippen molar-refractivity contribution in [3.05, 3.63) is 35.5 Å². The summed E-state index contributed by atoms with van der Waals surface area (Å²) in [5, 5.41) is 9.78. The van der Waals surface area contributed by atoms with Gasteiger partial charge in [-0.05, 0) is 19.4 Å². The van der Waals surface area contributed by atoms with Gasteiger partial charge in [0.2, 0.25) is 0 Å². The maximum Gasteiger partial charge on any atom is 0.307 e. The molecule has 92 valence electrons. The predicted octanol–water partition coefficient (Wildman–Crippen LogP) is 2.38. The minimum atomic E-state index is -0.870. The molecule has 2 aromatic rings. The highest BCUT2D eigenvalue weighted by Crippen LogP contribution is 2.42. The first-order valence-corrected chi connectivity index (χ1v) is 5.94. The van der Waals surface area contributed by atoms with E-state index in [0.717, 1.165) is 16.6 Å². The first-order valence-electron chi connectivity index (χ1n) is 5.94. The lowest BCUT2D eigenvalue weighted by Gasteiger charge is -1.99. The molecule has 0 saturated heterocycles. The lowest BCUT2D eigenvalue weighted by Crippen LogP contribution is -2.08. The van der Waals surface area contributed by atoms with E-state index in [2.05, 4.69) is 4.98 Å². The van der Waals surface area contributed by atoms with Crippen LogP contribution in [-0.4, -0.2) is 21.8 Å². The third-order valence-electron chi connectivity index (χ3n) is 3.58. The number of aromatic amines is 1. The second-order valence-electron chi connectivity index (χ2n) is 4.82. The second kappa shape index (κ2) is 3.70. The summed E-state index contributed by atoms with van der Waals surface area (Å²) in [6, 6.07) is 7.60. The van der Waals surface area contributed by atoms with Gasteiger partial charge in [-0.3, -0.25) is 9.59 Å². The van der Waals surface area contributed by atoms with Gasteiger partial charge < -0.3 is 10.1 Å². The summed E-state index contributed by atoms with van der Waals surface area (Å²) in [5.74, 6) is -1.76. The summed E-state index contributed by atoms with van der Waals surface area (Å²) in [6.45, 7) is 1.85. The summed E-state index contributed by atoms with van der Waals surface area (Å²) < 4.78 is 0. The largest absolute Gasteiger partial charge is 0.481 e. The zero-order chi connectivity index (χ0) is 12.9. The minimum absolute atomic E-state index is 0.0441. The standard InChI is InChI=1S/C14H13NO3/c1-7-12(8-4-2-3-5-11(8)15-7)13(16)9-6-10(9)14(17)18/h2-5,9-10,15H,6H2,1H3,(H,17,18). The number of aromatic nitrogens is 1. The van der Waals surface area contributed by atoms with Crippen molar-refractivity contribution in [3.8, 4) is 0 Å². The summed E-state index contributed by atoms with van der Waals surface area (Å²) in [6.07, 6.45) is 0.465. The fourth-order valence-electron chi connectivity index (χ4n) is 2.54. The number of H-pyrrole nitrogens is 1. The minimum Gasteiger partial charge on any atom is -0.481 e. The molecule has 0 aliphatic heterocycles. The molecule has 0 amide bonds. The van der Waals surface area contributed by atoms with Gasteiger partial charge in [0.1, 0.15) is 0 Å². The zero-order valence-corrected chi connectivity index (χ0v) is 9.93. The number of aliphatic carboxylic acids is 1. The Hall–Kier alpha value is -2.10. The zero-order valence-electron chi connectivity index (χ0n) is 9.93. The van der Waals surface area contributed by atoms with Crippen LogP contribution in [-0.2, 0) is 4.79 Å². The molecule has 2 N–H and O–H groups in total. The molecule has 1 aliphatic carbocycles. The summed E-state index contributed by atoms with van der Waals surface area (Å²) in [7, 11) is 0. The van der Waals surface area contributed by atoms with Gasteiger partial charge in [-0.15, -0.1) is 0 Å². The number of carbonyl (C=O) groups excluding carboxylic acids is 1. The summed E-state index contributed by atoms with van der Waals surface area (Å²) in [5.41, 5.74) is 2.39. The lowest BCUT2D eigenvalue weighted by atomic mass is 10.0. The van der Waals surface area contributed by atoms with Crippen LogP contribution in [0.4, 0.5) is 0 Å². The molecular weight excluding hydrogens is 230 g/mol. The van der Waals surface area contributed by atoms with Crippen LogP contribution in [0.1, 0.15) is 22.5 Å². The number of rotatable bonds is 3. The van der Waals surface area contributed by atoms with E-state index < -0.39 is 11.9 Å². The SMILES string of the molecule is Cc1[nH]c2ccccc2c1C(=O)C1CC1C(=O)O. The average Bonchev–Trinajstić information content (AvgIpc) is 3.05. The van der Waals surface area contributed by atoms with Crippen molar-refractivity contribution >= 4 is 22.7 Å². The number of carbonyl (C=O) groups is 2. The fourth-order valence-corrected chi connectivity index (χ4v) is 2.54. The molecule has 1 aromatic carbocycles. The Bertz CT molecular complexity index is 656. The van der Waals surface area contributed by atoms with Crippen molar-refractivity contribution < 1.29 is 14.7 Å². The number of nitrogens with one attached hydrogen (secondary N) is 1. The predicted molar refractivity (Wildman–Crippen MR) is 66.6 cm³/mol. The molecule has 18 heavy (non-hydrogen) atoms. The Labute approximate surface area is 104 Å². The molecule has 3 rings (SSSR count). The third-order valence-corrected chi connectivity index (χ3v) is 3.58. The smallest absolute Gasteiger partial charge is 0.307 e.